The first kappa shape index (κ1) is 34.1. The number of nitrogens with one attached hydrogen (secondary N) is 2. The maximum absolute atomic E-state index is 11.4. The van der Waals surface area contributed by atoms with Gasteiger partial charge >= 0.3 is 5.97 Å². The molecule has 0 rings (SSSR count). The van der Waals surface area contributed by atoms with Crippen LogP contribution in [0.3, 0.4) is 0 Å². The number of methoxy groups -OCH3 is 1. The van der Waals surface area contributed by atoms with Crippen molar-refractivity contribution in [1.29, 1.82) is 0 Å². The molecule has 0 fully saturated rings. The predicted molar refractivity (Wildman–Crippen MR) is 129 cm³/mol. The van der Waals surface area contributed by atoms with Gasteiger partial charge in [0.15, 0.2) is 0 Å². The average Bonchev–Trinajstić information content (AvgIpc) is 2.85. The van der Waals surface area contributed by atoms with Gasteiger partial charge in [0, 0.05) is 39.5 Å². The Bertz CT molecular complexity index is 538. The van der Waals surface area contributed by atoms with Gasteiger partial charge in [-0.1, -0.05) is 0 Å². The van der Waals surface area contributed by atoms with Crippen LogP contribution in [0.15, 0.2) is 0 Å². The highest BCUT2D eigenvalue weighted by molar-refractivity contribution is 5.76. The van der Waals surface area contributed by atoms with Crippen LogP contribution < -0.4 is 10.6 Å². The summed E-state index contributed by atoms with van der Waals surface area (Å²) in [5.74, 6) is -1.14. The number of ether oxygens (including phenoxy) is 7. The van der Waals surface area contributed by atoms with E-state index < -0.39 is 5.97 Å². The van der Waals surface area contributed by atoms with Gasteiger partial charge < -0.3 is 48.9 Å². The second-order valence-electron chi connectivity index (χ2n) is 7.36. The molecule has 13 heteroatoms. The maximum Gasteiger partial charge on any atom is 0.303 e. The Hall–Kier alpha value is -1.87. The van der Waals surface area contributed by atoms with E-state index in [9.17, 15) is 14.4 Å². The largest absolute Gasteiger partial charge is 0.481 e. The van der Waals surface area contributed by atoms with E-state index in [1.807, 2.05) is 0 Å². The maximum atomic E-state index is 11.4. The van der Waals surface area contributed by atoms with Crippen molar-refractivity contribution in [2.45, 2.75) is 25.7 Å². The molecule has 0 atom stereocenters. The minimum atomic E-state index is -0.903. The number of carboxylic acids is 1. The summed E-state index contributed by atoms with van der Waals surface area (Å²) in [6.07, 6.45) is 0.830. The second kappa shape index (κ2) is 27.7. The van der Waals surface area contributed by atoms with Crippen molar-refractivity contribution in [1.82, 2.24) is 10.6 Å². The fraction of sp³-hybridized carbons (Fsp3) is 0.870. The number of hydrogen-bond acceptors (Lipinski definition) is 10. The van der Waals surface area contributed by atoms with Crippen LogP contribution in [-0.2, 0) is 47.5 Å². The summed E-state index contributed by atoms with van der Waals surface area (Å²) >= 11 is 0. The van der Waals surface area contributed by atoms with E-state index in [4.69, 9.17) is 38.3 Å². The van der Waals surface area contributed by atoms with Crippen LogP contribution in [0.5, 0.6) is 0 Å². The zero-order valence-corrected chi connectivity index (χ0v) is 21.5. The Balaban J connectivity index is 3.15. The fourth-order valence-electron chi connectivity index (χ4n) is 2.50. The van der Waals surface area contributed by atoms with Gasteiger partial charge in [-0.2, -0.15) is 0 Å². The predicted octanol–water partition coefficient (Wildman–Crippen LogP) is -0.390. The van der Waals surface area contributed by atoms with Crippen molar-refractivity contribution in [3.8, 4) is 0 Å². The van der Waals surface area contributed by atoms with Gasteiger partial charge in [-0.25, -0.2) is 0 Å². The number of amides is 2. The summed E-state index contributed by atoms with van der Waals surface area (Å²) in [6, 6.07) is 0. The summed E-state index contributed by atoms with van der Waals surface area (Å²) in [5, 5.41) is 13.9. The van der Waals surface area contributed by atoms with Gasteiger partial charge in [0.25, 0.3) is 0 Å². The SMILES string of the molecule is COCCNC(=O)CCOCCOCCOCCOCCOCCOCCNC(=O)CCCC(=O)O. The molecule has 3 N–H and O–H groups in total. The van der Waals surface area contributed by atoms with E-state index in [1.54, 1.807) is 7.11 Å². The first-order chi connectivity index (χ1) is 17.6. The third-order valence-electron chi connectivity index (χ3n) is 4.32. The first-order valence-corrected chi connectivity index (χ1v) is 12.3. The first-order valence-electron chi connectivity index (χ1n) is 12.3. The molecule has 36 heavy (non-hydrogen) atoms. The molecule has 0 aromatic rings. The molecule has 0 aliphatic heterocycles. The summed E-state index contributed by atoms with van der Waals surface area (Å²) in [4.78, 5) is 33.2. The lowest BCUT2D eigenvalue weighted by molar-refractivity contribution is -0.137. The van der Waals surface area contributed by atoms with Crippen LogP contribution in [-0.4, -0.2) is 129 Å². The van der Waals surface area contributed by atoms with Gasteiger partial charge in [-0.05, 0) is 6.42 Å². The molecule has 0 saturated carbocycles. The third kappa shape index (κ3) is 28.4. The molecule has 0 heterocycles. The summed E-state index contributed by atoms with van der Waals surface area (Å²) in [7, 11) is 1.58. The number of carbonyl (C=O) groups excluding carboxylic acids is 2. The van der Waals surface area contributed by atoms with E-state index in [0.29, 0.717) is 112 Å². The van der Waals surface area contributed by atoms with E-state index in [0.717, 1.165) is 0 Å². The van der Waals surface area contributed by atoms with Crippen molar-refractivity contribution in [2.75, 3.05) is 106 Å². The lowest BCUT2D eigenvalue weighted by Gasteiger charge is -2.09. The molecule has 0 aromatic heterocycles. The molecule has 212 valence electrons. The molecule has 0 aromatic carbocycles. The topological polar surface area (TPSA) is 160 Å². The zero-order chi connectivity index (χ0) is 26.5. The molecule has 0 unspecified atom stereocenters. The van der Waals surface area contributed by atoms with Crippen LogP contribution in [0, 0.1) is 0 Å². The molecule has 0 aliphatic carbocycles. The van der Waals surface area contributed by atoms with Gasteiger partial charge in [-0.3, -0.25) is 14.4 Å². The smallest absolute Gasteiger partial charge is 0.303 e. The average molecular weight is 525 g/mol. The van der Waals surface area contributed by atoms with Crippen molar-refractivity contribution >= 4 is 17.8 Å². The molecule has 0 radical (unpaired) electrons. The minimum absolute atomic E-state index is 0.00878. The number of carboxylic acid groups (broad SMARTS) is 1. The Kier molecular flexibility index (Phi) is 26.3. The number of aliphatic carboxylic acids is 1. The fourth-order valence-corrected chi connectivity index (χ4v) is 2.50. The molecular formula is C23H44N2O11. The number of hydrogen-bond donors (Lipinski definition) is 3. The second-order valence-corrected chi connectivity index (χ2v) is 7.36. The molecule has 2 amide bonds. The molecule has 0 bridgehead atoms. The molecule has 0 spiro atoms. The van der Waals surface area contributed by atoms with Crippen molar-refractivity contribution in [2.24, 2.45) is 0 Å². The van der Waals surface area contributed by atoms with Crippen LogP contribution in [0.25, 0.3) is 0 Å². The molecule has 0 aliphatic rings. The zero-order valence-electron chi connectivity index (χ0n) is 21.5. The molecular weight excluding hydrogens is 480 g/mol. The minimum Gasteiger partial charge on any atom is -0.481 e. The monoisotopic (exact) mass is 524 g/mol. The molecule has 13 nitrogen and oxygen atoms in total. The summed E-state index contributed by atoms with van der Waals surface area (Å²) < 4.78 is 37.1. The van der Waals surface area contributed by atoms with Gasteiger partial charge in [0.1, 0.15) is 0 Å². The van der Waals surface area contributed by atoms with Crippen LogP contribution in [0.4, 0.5) is 0 Å². The normalized spacial score (nSPS) is 10.9. The van der Waals surface area contributed by atoms with E-state index in [1.165, 1.54) is 0 Å². The Morgan fingerprint density at radius 3 is 1.36 bits per heavy atom. The van der Waals surface area contributed by atoms with Gasteiger partial charge in [0.2, 0.25) is 11.8 Å². The molecule has 0 saturated heterocycles. The lowest BCUT2D eigenvalue weighted by atomic mass is 10.2. The quantitative estimate of drug-likeness (QED) is 0.114. The Morgan fingerprint density at radius 1 is 0.528 bits per heavy atom. The van der Waals surface area contributed by atoms with Crippen LogP contribution in [0.1, 0.15) is 25.7 Å². The van der Waals surface area contributed by atoms with Crippen molar-refractivity contribution in [3.05, 3.63) is 0 Å². The van der Waals surface area contributed by atoms with Crippen LogP contribution >= 0.6 is 0 Å². The van der Waals surface area contributed by atoms with Crippen molar-refractivity contribution in [3.63, 3.8) is 0 Å². The Morgan fingerprint density at radius 2 is 0.917 bits per heavy atom. The van der Waals surface area contributed by atoms with Crippen molar-refractivity contribution < 1.29 is 52.6 Å². The summed E-state index contributed by atoms with van der Waals surface area (Å²) in [5.41, 5.74) is 0. The van der Waals surface area contributed by atoms with Crippen LogP contribution in [0.2, 0.25) is 0 Å². The number of rotatable bonds is 28. The van der Waals surface area contributed by atoms with E-state index in [2.05, 4.69) is 10.6 Å². The lowest BCUT2D eigenvalue weighted by Crippen LogP contribution is -2.27. The summed E-state index contributed by atoms with van der Waals surface area (Å²) in [6.45, 7) is 6.53. The van der Waals surface area contributed by atoms with E-state index in [-0.39, 0.29) is 24.7 Å². The standard InChI is InChI=1S/C23H44N2O11/c1-30-9-6-24-22(27)5-8-31-11-13-33-15-17-35-19-20-36-18-16-34-14-12-32-10-7-25-21(26)3-2-4-23(28)29/h2-20H2,1H3,(H,24,27)(H,25,26)(H,28,29). The Labute approximate surface area is 213 Å². The number of carbonyl (C=O) groups is 3. The highest BCUT2D eigenvalue weighted by atomic mass is 16.6. The van der Waals surface area contributed by atoms with Gasteiger partial charge in [-0.15, -0.1) is 0 Å². The van der Waals surface area contributed by atoms with E-state index >= 15 is 0 Å². The highest BCUT2D eigenvalue weighted by Gasteiger charge is 2.03. The van der Waals surface area contributed by atoms with Gasteiger partial charge in [0.05, 0.1) is 85.9 Å². The third-order valence-corrected chi connectivity index (χ3v) is 4.32. The highest BCUT2D eigenvalue weighted by Crippen LogP contribution is 1.94.